The summed E-state index contributed by atoms with van der Waals surface area (Å²) in [5, 5.41) is 6.79. The molecule has 3 rings (SSSR count). The van der Waals surface area contributed by atoms with Crippen molar-refractivity contribution in [2.75, 3.05) is 5.32 Å². The highest BCUT2D eigenvalue weighted by molar-refractivity contribution is 9.10. The molecule has 1 aromatic heterocycles. The smallest absolute Gasteiger partial charge is 0.187 e. The first-order valence-electron chi connectivity index (χ1n) is 5.95. The van der Waals surface area contributed by atoms with Gasteiger partial charge in [0.25, 0.3) is 0 Å². The number of hydrogen-bond donors (Lipinski definition) is 1. The molecule has 0 aliphatic heterocycles. The van der Waals surface area contributed by atoms with Gasteiger partial charge in [0.15, 0.2) is 5.13 Å². The third-order valence-corrected chi connectivity index (χ3v) is 4.38. The molecule has 1 heterocycles. The summed E-state index contributed by atoms with van der Waals surface area (Å²) in [5.41, 5.74) is 2.92. The van der Waals surface area contributed by atoms with Crippen LogP contribution in [0.15, 0.2) is 58.4 Å². The summed E-state index contributed by atoms with van der Waals surface area (Å²) in [6, 6.07) is 15.7. The van der Waals surface area contributed by atoms with E-state index >= 15 is 0 Å². The Morgan fingerprint density at radius 1 is 1.05 bits per heavy atom. The quantitative estimate of drug-likeness (QED) is 0.618. The molecular weight excluding hydrogens is 356 g/mol. The van der Waals surface area contributed by atoms with Gasteiger partial charge >= 0.3 is 0 Å². The second-order valence-electron chi connectivity index (χ2n) is 4.15. The normalized spacial score (nSPS) is 10.5. The SMILES string of the molecule is Clc1ccccc1Nc1nc(-c2ccc(Br)cc2)cs1. The Morgan fingerprint density at radius 2 is 1.80 bits per heavy atom. The molecule has 0 aliphatic carbocycles. The van der Waals surface area contributed by atoms with Gasteiger partial charge in [0.1, 0.15) is 0 Å². The number of thiazole rings is 1. The lowest BCUT2D eigenvalue weighted by molar-refractivity contribution is 1.38. The van der Waals surface area contributed by atoms with Crippen LogP contribution in [-0.2, 0) is 0 Å². The molecule has 0 amide bonds. The molecule has 5 heteroatoms. The minimum Gasteiger partial charge on any atom is -0.330 e. The summed E-state index contributed by atoms with van der Waals surface area (Å²) in [7, 11) is 0. The van der Waals surface area contributed by atoms with Gasteiger partial charge in [-0.3, -0.25) is 0 Å². The molecule has 0 spiro atoms. The van der Waals surface area contributed by atoms with E-state index in [9.17, 15) is 0 Å². The highest BCUT2D eigenvalue weighted by atomic mass is 79.9. The molecule has 1 N–H and O–H groups in total. The fourth-order valence-electron chi connectivity index (χ4n) is 1.76. The summed E-state index contributed by atoms with van der Waals surface area (Å²) in [6.07, 6.45) is 0. The molecule has 20 heavy (non-hydrogen) atoms. The van der Waals surface area contributed by atoms with Crippen molar-refractivity contribution in [1.29, 1.82) is 0 Å². The number of aromatic nitrogens is 1. The lowest BCUT2D eigenvalue weighted by Gasteiger charge is -2.04. The van der Waals surface area contributed by atoms with E-state index in [0.29, 0.717) is 5.02 Å². The molecule has 0 fully saturated rings. The number of benzene rings is 2. The van der Waals surface area contributed by atoms with E-state index in [1.54, 1.807) is 11.3 Å². The topological polar surface area (TPSA) is 24.9 Å². The Morgan fingerprint density at radius 3 is 2.55 bits per heavy atom. The van der Waals surface area contributed by atoms with Crippen LogP contribution in [0.3, 0.4) is 0 Å². The van der Waals surface area contributed by atoms with Crippen molar-refractivity contribution in [2.24, 2.45) is 0 Å². The van der Waals surface area contributed by atoms with E-state index in [1.807, 2.05) is 53.9 Å². The van der Waals surface area contributed by atoms with E-state index in [0.717, 1.165) is 26.5 Å². The largest absolute Gasteiger partial charge is 0.330 e. The lowest BCUT2D eigenvalue weighted by atomic mass is 10.2. The highest BCUT2D eigenvalue weighted by Crippen LogP contribution is 2.30. The van der Waals surface area contributed by atoms with E-state index in [2.05, 4.69) is 26.2 Å². The zero-order chi connectivity index (χ0) is 13.9. The molecule has 2 nitrogen and oxygen atoms in total. The number of rotatable bonds is 3. The van der Waals surface area contributed by atoms with E-state index in [-0.39, 0.29) is 0 Å². The molecule has 0 saturated heterocycles. The average Bonchev–Trinajstić information content (AvgIpc) is 2.91. The van der Waals surface area contributed by atoms with E-state index < -0.39 is 0 Å². The monoisotopic (exact) mass is 364 g/mol. The third kappa shape index (κ3) is 3.03. The number of anilines is 2. The van der Waals surface area contributed by atoms with Crippen LogP contribution >= 0.6 is 38.9 Å². The molecule has 0 aliphatic rings. The van der Waals surface area contributed by atoms with Crippen LogP contribution < -0.4 is 5.32 Å². The van der Waals surface area contributed by atoms with Crippen molar-refractivity contribution in [1.82, 2.24) is 4.98 Å². The molecule has 0 saturated carbocycles. The first-order valence-corrected chi connectivity index (χ1v) is 8.00. The Labute approximate surface area is 134 Å². The fraction of sp³-hybridized carbons (Fsp3) is 0. The Hall–Kier alpha value is -1.36. The van der Waals surface area contributed by atoms with Crippen LogP contribution in [0.5, 0.6) is 0 Å². The summed E-state index contributed by atoms with van der Waals surface area (Å²) in [6.45, 7) is 0. The molecule has 0 radical (unpaired) electrons. The summed E-state index contributed by atoms with van der Waals surface area (Å²) >= 11 is 11.1. The van der Waals surface area contributed by atoms with Crippen LogP contribution in [0.1, 0.15) is 0 Å². The van der Waals surface area contributed by atoms with Crippen molar-refractivity contribution in [3.8, 4) is 11.3 Å². The molecule has 0 atom stereocenters. The second kappa shape index (κ2) is 5.95. The minimum atomic E-state index is 0.688. The summed E-state index contributed by atoms with van der Waals surface area (Å²) in [5.74, 6) is 0. The fourth-order valence-corrected chi connectivity index (χ4v) is 2.94. The van der Waals surface area contributed by atoms with Gasteiger partial charge in [0, 0.05) is 15.4 Å². The van der Waals surface area contributed by atoms with Crippen molar-refractivity contribution < 1.29 is 0 Å². The number of halogens is 2. The molecule has 100 valence electrons. The summed E-state index contributed by atoms with van der Waals surface area (Å²) in [4.78, 5) is 4.58. The van der Waals surface area contributed by atoms with Gasteiger partial charge in [-0.05, 0) is 24.3 Å². The lowest BCUT2D eigenvalue weighted by Crippen LogP contribution is -1.90. The standard InChI is InChI=1S/C15H10BrClN2S/c16-11-7-5-10(6-8-11)14-9-20-15(19-14)18-13-4-2-1-3-12(13)17/h1-9H,(H,18,19). The van der Waals surface area contributed by atoms with Crippen LogP contribution in [0.4, 0.5) is 10.8 Å². The van der Waals surface area contributed by atoms with Crippen molar-refractivity contribution in [3.63, 3.8) is 0 Å². The maximum absolute atomic E-state index is 6.12. The maximum atomic E-state index is 6.12. The van der Waals surface area contributed by atoms with Gasteiger partial charge in [-0.25, -0.2) is 4.98 Å². The Balaban J connectivity index is 1.84. The number of para-hydroxylation sites is 1. The Bertz CT molecular complexity index is 725. The van der Waals surface area contributed by atoms with Crippen molar-refractivity contribution in [3.05, 3.63) is 63.4 Å². The zero-order valence-corrected chi connectivity index (χ0v) is 13.5. The highest BCUT2D eigenvalue weighted by Gasteiger charge is 2.06. The maximum Gasteiger partial charge on any atom is 0.187 e. The van der Waals surface area contributed by atoms with Gasteiger partial charge < -0.3 is 5.32 Å². The van der Waals surface area contributed by atoms with Gasteiger partial charge in [-0.2, -0.15) is 0 Å². The average molecular weight is 366 g/mol. The van der Waals surface area contributed by atoms with Crippen LogP contribution in [0.25, 0.3) is 11.3 Å². The predicted molar refractivity (Wildman–Crippen MR) is 90.0 cm³/mol. The first-order chi connectivity index (χ1) is 9.72. The second-order valence-corrected chi connectivity index (χ2v) is 6.33. The van der Waals surface area contributed by atoms with Gasteiger partial charge in [0.05, 0.1) is 16.4 Å². The zero-order valence-electron chi connectivity index (χ0n) is 10.3. The van der Waals surface area contributed by atoms with Gasteiger partial charge in [-0.1, -0.05) is 51.8 Å². The molecule has 2 aromatic carbocycles. The van der Waals surface area contributed by atoms with E-state index in [4.69, 9.17) is 11.6 Å². The molecule has 0 unspecified atom stereocenters. The Kier molecular flexibility index (Phi) is 4.05. The minimum absolute atomic E-state index is 0.688. The number of hydrogen-bond acceptors (Lipinski definition) is 3. The van der Waals surface area contributed by atoms with Gasteiger partial charge in [-0.15, -0.1) is 11.3 Å². The first kappa shape index (κ1) is 13.6. The third-order valence-electron chi connectivity index (χ3n) is 2.76. The predicted octanol–water partition coefficient (Wildman–Crippen LogP) is 5.97. The number of nitrogens with one attached hydrogen (secondary N) is 1. The van der Waals surface area contributed by atoms with Crippen LogP contribution in [0.2, 0.25) is 5.02 Å². The van der Waals surface area contributed by atoms with Crippen LogP contribution in [-0.4, -0.2) is 4.98 Å². The van der Waals surface area contributed by atoms with E-state index in [1.165, 1.54) is 0 Å². The molecular formula is C15H10BrClN2S. The molecule has 3 aromatic rings. The van der Waals surface area contributed by atoms with Crippen LogP contribution in [0, 0.1) is 0 Å². The summed E-state index contributed by atoms with van der Waals surface area (Å²) < 4.78 is 1.06. The van der Waals surface area contributed by atoms with Crippen molar-refractivity contribution in [2.45, 2.75) is 0 Å². The van der Waals surface area contributed by atoms with Gasteiger partial charge in [0.2, 0.25) is 0 Å². The molecule has 0 bridgehead atoms. The number of nitrogens with zero attached hydrogens (tertiary/aromatic N) is 1. The van der Waals surface area contributed by atoms with Crippen molar-refractivity contribution >= 4 is 49.7 Å².